The van der Waals surface area contributed by atoms with Crippen LogP contribution in [0.25, 0.3) is 0 Å². The van der Waals surface area contributed by atoms with Crippen molar-refractivity contribution in [2.75, 3.05) is 0 Å². The van der Waals surface area contributed by atoms with Crippen LogP contribution in [-0.2, 0) is 13.1 Å². The zero-order valence-electron chi connectivity index (χ0n) is 9.89. The van der Waals surface area contributed by atoms with E-state index in [-0.39, 0.29) is 0 Å². The second-order valence-electron chi connectivity index (χ2n) is 4.12. The number of rotatable bonds is 4. The summed E-state index contributed by atoms with van der Waals surface area (Å²) >= 11 is 11.7. The fraction of sp³-hybridized carbons (Fsp3) is 0.143. The predicted molar refractivity (Wildman–Crippen MR) is 73.4 cm³/mol. The van der Waals surface area contributed by atoms with Crippen molar-refractivity contribution in [3.8, 4) is 0 Å². The lowest BCUT2D eigenvalue weighted by atomic mass is 10.2. The second kappa shape index (κ2) is 6.33. The van der Waals surface area contributed by atoms with Gasteiger partial charge in [0.25, 0.3) is 0 Å². The van der Waals surface area contributed by atoms with Gasteiger partial charge in [-0.25, -0.2) is 8.78 Å². The summed E-state index contributed by atoms with van der Waals surface area (Å²) in [5.74, 6) is -1.14. The van der Waals surface area contributed by atoms with Crippen LogP contribution >= 0.6 is 23.2 Å². The standard InChI is InChI=1S/C14H11Cl2F2N/c15-11-3-9(4-12(16)5-11)7-19-8-10-1-2-13(17)6-14(10)18/h1-6,19H,7-8H2. The van der Waals surface area contributed by atoms with Gasteiger partial charge in [-0.1, -0.05) is 29.3 Å². The van der Waals surface area contributed by atoms with Gasteiger partial charge < -0.3 is 5.32 Å². The van der Waals surface area contributed by atoms with Crippen molar-refractivity contribution in [2.24, 2.45) is 0 Å². The third-order valence-electron chi connectivity index (χ3n) is 2.58. The molecule has 1 N–H and O–H groups in total. The Balaban J connectivity index is 1.96. The SMILES string of the molecule is Fc1ccc(CNCc2cc(Cl)cc(Cl)c2)c(F)c1. The minimum absolute atomic E-state index is 0.302. The summed E-state index contributed by atoms with van der Waals surface area (Å²) in [5.41, 5.74) is 1.31. The molecule has 19 heavy (non-hydrogen) atoms. The van der Waals surface area contributed by atoms with Crippen LogP contribution in [0, 0.1) is 11.6 Å². The van der Waals surface area contributed by atoms with Gasteiger partial charge in [0, 0.05) is 34.8 Å². The molecule has 0 aromatic heterocycles. The van der Waals surface area contributed by atoms with Crippen molar-refractivity contribution in [2.45, 2.75) is 13.1 Å². The van der Waals surface area contributed by atoms with Gasteiger partial charge in [0.05, 0.1) is 0 Å². The quantitative estimate of drug-likeness (QED) is 0.873. The summed E-state index contributed by atoms with van der Waals surface area (Å²) in [4.78, 5) is 0. The molecule has 0 saturated heterocycles. The highest BCUT2D eigenvalue weighted by molar-refractivity contribution is 6.34. The van der Waals surface area contributed by atoms with Crippen LogP contribution in [0.1, 0.15) is 11.1 Å². The topological polar surface area (TPSA) is 12.0 Å². The zero-order chi connectivity index (χ0) is 13.8. The summed E-state index contributed by atoms with van der Waals surface area (Å²) in [5, 5.41) is 4.16. The number of benzene rings is 2. The molecule has 2 rings (SSSR count). The molecule has 5 heteroatoms. The molecule has 0 aliphatic rings. The van der Waals surface area contributed by atoms with Crippen LogP contribution in [0.3, 0.4) is 0 Å². The van der Waals surface area contributed by atoms with E-state index >= 15 is 0 Å². The summed E-state index contributed by atoms with van der Waals surface area (Å²) in [6.45, 7) is 0.799. The molecular formula is C14H11Cl2F2N. The van der Waals surface area contributed by atoms with Gasteiger partial charge in [-0.3, -0.25) is 0 Å². The fourth-order valence-electron chi connectivity index (χ4n) is 1.72. The zero-order valence-corrected chi connectivity index (χ0v) is 11.4. The molecule has 1 nitrogen and oxygen atoms in total. The Morgan fingerprint density at radius 3 is 2.21 bits per heavy atom. The Morgan fingerprint density at radius 1 is 0.895 bits per heavy atom. The number of nitrogens with one attached hydrogen (secondary N) is 1. The number of hydrogen-bond donors (Lipinski definition) is 1. The Labute approximate surface area is 120 Å². The molecule has 0 aliphatic carbocycles. The van der Waals surface area contributed by atoms with Gasteiger partial charge in [0.15, 0.2) is 0 Å². The van der Waals surface area contributed by atoms with Crippen molar-refractivity contribution in [1.82, 2.24) is 5.32 Å². The number of halogens is 4. The van der Waals surface area contributed by atoms with Gasteiger partial charge in [0.2, 0.25) is 0 Å². The van der Waals surface area contributed by atoms with Crippen LogP contribution in [0.5, 0.6) is 0 Å². The first-order valence-electron chi connectivity index (χ1n) is 5.64. The molecule has 0 atom stereocenters. The molecule has 0 fully saturated rings. The van der Waals surface area contributed by atoms with Crippen LogP contribution in [0.4, 0.5) is 8.78 Å². The minimum Gasteiger partial charge on any atom is -0.309 e. The van der Waals surface area contributed by atoms with Crippen molar-refractivity contribution in [1.29, 1.82) is 0 Å². The van der Waals surface area contributed by atoms with Crippen molar-refractivity contribution in [3.05, 3.63) is 69.2 Å². The van der Waals surface area contributed by atoms with Gasteiger partial charge >= 0.3 is 0 Å². The van der Waals surface area contributed by atoms with Crippen molar-refractivity contribution >= 4 is 23.2 Å². The van der Waals surface area contributed by atoms with Gasteiger partial charge in [-0.05, 0) is 29.8 Å². The largest absolute Gasteiger partial charge is 0.309 e. The average Bonchev–Trinajstić information content (AvgIpc) is 2.30. The van der Waals surface area contributed by atoms with E-state index in [4.69, 9.17) is 23.2 Å². The third kappa shape index (κ3) is 4.16. The predicted octanol–water partition coefficient (Wildman–Crippen LogP) is 4.56. The maximum Gasteiger partial charge on any atom is 0.130 e. The average molecular weight is 302 g/mol. The van der Waals surface area contributed by atoms with Crippen molar-refractivity contribution < 1.29 is 8.78 Å². The second-order valence-corrected chi connectivity index (χ2v) is 4.99. The monoisotopic (exact) mass is 301 g/mol. The minimum atomic E-state index is -0.581. The number of hydrogen-bond acceptors (Lipinski definition) is 1. The molecule has 100 valence electrons. The Bertz CT molecular complexity index is 567. The molecule has 0 heterocycles. The van der Waals surface area contributed by atoms with E-state index in [9.17, 15) is 8.78 Å². The molecule has 0 saturated carbocycles. The molecule has 0 aliphatic heterocycles. The first kappa shape index (κ1) is 14.3. The van der Waals surface area contributed by atoms with E-state index in [0.29, 0.717) is 28.7 Å². The van der Waals surface area contributed by atoms with Crippen LogP contribution in [0.2, 0.25) is 10.0 Å². The van der Waals surface area contributed by atoms with Gasteiger partial charge in [-0.15, -0.1) is 0 Å². The van der Waals surface area contributed by atoms with Crippen LogP contribution in [-0.4, -0.2) is 0 Å². The first-order valence-corrected chi connectivity index (χ1v) is 6.40. The normalized spacial score (nSPS) is 10.7. The smallest absolute Gasteiger partial charge is 0.130 e. The molecule has 0 spiro atoms. The molecule has 2 aromatic rings. The van der Waals surface area contributed by atoms with Gasteiger partial charge in [0.1, 0.15) is 11.6 Å². The van der Waals surface area contributed by atoms with Gasteiger partial charge in [-0.2, -0.15) is 0 Å². The van der Waals surface area contributed by atoms with E-state index in [1.807, 2.05) is 0 Å². The summed E-state index contributed by atoms with van der Waals surface area (Å²) in [6.07, 6.45) is 0. The summed E-state index contributed by atoms with van der Waals surface area (Å²) in [7, 11) is 0. The van der Waals surface area contributed by atoms with Crippen molar-refractivity contribution in [3.63, 3.8) is 0 Å². The maximum absolute atomic E-state index is 13.4. The highest BCUT2D eigenvalue weighted by atomic mass is 35.5. The van der Waals surface area contributed by atoms with Crippen LogP contribution < -0.4 is 5.32 Å². The molecule has 2 aromatic carbocycles. The lowest BCUT2D eigenvalue weighted by molar-refractivity contribution is 0.560. The third-order valence-corrected chi connectivity index (χ3v) is 3.02. The molecule has 0 bridgehead atoms. The lowest BCUT2D eigenvalue weighted by Crippen LogP contribution is -2.13. The molecule has 0 radical (unpaired) electrons. The molecule has 0 unspecified atom stereocenters. The first-order chi connectivity index (χ1) is 9.04. The highest BCUT2D eigenvalue weighted by Gasteiger charge is 2.04. The molecule has 0 amide bonds. The fourth-order valence-corrected chi connectivity index (χ4v) is 2.29. The van der Waals surface area contributed by atoms with E-state index in [1.54, 1.807) is 18.2 Å². The Kier molecular flexibility index (Phi) is 4.75. The highest BCUT2D eigenvalue weighted by Crippen LogP contribution is 2.19. The van der Waals surface area contributed by atoms with E-state index < -0.39 is 11.6 Å². The van der Waals surface area contributed by atoms with E-state index in [1.165, 1.54) is 12.1 Å². The Morgan fingerprint density at radius 2 is 1.58 bits per heavy atom. The molecular weight excluding hydrogens is 291 g/mol. The Hall–Kier alpha value is -1.16. The van der Waals surface area contributed by atoms with E-state index in [2.05, 4.69) is 5.32 Å². The van der Waals surface area contributed by atoms with Crippen LogP contribution in [0.15, 0.2) is 36.4 Å². The summed E-state index contributed by atoms with van der Waals surface area (Å²) in [6, 6.07) is 8.72. The lowest BCUT2D eigenvalue weighted by Gasteiger charge is -2.07. The summed E-state index contributed by atoms with van der Waals surface area (Å²) < 4.78 is 26.1. The van der Waals surface area contributed by atoms with E-state index in [0.717, 1.165) is 11.6 Å². The maximum atomic E-state index is 13.4.